The molecule has 0 N–H and O–H groups in total. The van der Waals surface area contributed by atoms with E-state index in [2.05, 4.69) is 16.8 Å². The van der Waals surface area contributed by atoms with E-state index in [1.165, 1.54) is 11.2 Å². The smallest absolute Gasteiger partial charge is 0.279 e. The van der Waals surface area contributed by atoms with Gasteiger partial charge in [-0.25, -0.2) is 4.68 Å². The monoisotopic (exact) mass is 356 g/mol. The summed E-state index contributed by atoms with van der Waals surface area (Å²) in [6.45, 7) is 7.03. The minimum absolute atomic E-state index is 0.205. The van der Waals surface area contributed by atoms with Gasteiger partial charge in [-0.3, -0.25) is 9.79 Å². The Bertz CT molecular complexity index is 625. The van der Waals surface area contributed by atoms with Crippen LogP contribution in [0.3, 0.4) is 0 Å². The number of anilines is 1. The highest BCUT2D eigenvalue weighted by molar-refractivity contribution is 7.92. The number of allylic oxidation sites excluding steroid dienone is 3. The molecule has 8 heteroatoms. The fourth-order valence-corrected chi connectivity index (χ4v) is 3.12. The van der Waals surface area contributed by atoms with Gasteiger partial charge < -0.3 is 9.45 Å². The van der Waals surface area contributed by atoms with Gasteiger partial charge in [-0.2, -0.15) is 5.10 Å². The zero-order chi connectivity index (χ0) is 17.6. The van der Waals surface area contributed by atoms with Gasteiger partial charge in [-0.05, 0) is 37.0 Å². The van der Waals surface area contributed by atoms with Crippen LogP contribution in [-0.4, -0.2) is 45.5 Å². The van der Waals surface area contributed by atoms with Crippen LogP contribution in [0.1, 0.15) is 20.3 Å². The number of hydrogen-bond acceptors (Lipinski definition) is 4. The molecule has 0 aromatic carbocycles. The second kappa shape index (κ2) is 8.90. The zero-order valence-electron chi connectivity index (χ0n) is 13.7. The lowest BCUT2D eigenvalue weighted by Crippen LogP contribution is -2.40. The summed E-state index contributed by atoms with van der Waals surface area (Å²) in [5.41, 5.74) is 1.27. The standard InChI is InChI=1S/C15H21ClN4O2S/c1-6-13(23(5)22)15(21)19(4)12-10-20(18-14(12)16)11(2)8-7-9-17-3/h7-10,13H,3,6H2,1-2,4-5H3/b9-7-,11-8+. The van der Waals surface area contributed by atoms with Crippen LogP contribution < -0.4 is 4.90 Å². The van der Waals surface area contributed by atoms with E-state index < -0.39 is 16.4 Å². The average Bonchev–Trinajstić information content (AvgIpc) is 2.88. The Morgan fingerprint density at radius 2 is 2.35 bits per heavy atom. The number of rotatable bonds is 7. The fraction of sp³-hybridized carbons (Fsp3) is 0.400. The molecule has 1 aromatic rings. The van der Waals surface area contributed by atoms with Gasteiger partial charge in [0.25, 0.3) is 5.91 Å². The Kier molecular flexibility index (Phi) is 7.54. The van der Waals surface area contributed by atoms with Gasteiger partial charge >= 0.3 is 0 Å². The van der Waals surface area contributed by atoms with E-state index in [4.69, 9.17) is 11.6 Å². The second-order valence-corrected chi connectivity index (χ2v) is 6.80. The van der Waals surface area contributed by atoms with Gasteiger partial charge in [0.1, 0.15) is 5.69 Å². The molecular formula is C15H21ClN4O2S. The predicted octanol–water partition coefficient (Wildman–Crippen LogP) is 2.73. The average molecular weight is 357 g/mol. The summed E-state index contributed by atoms with van der Waals surface area (Å²) in [6, 6.07) is 0. The summed E-state index contributed by atoms with van der Waals surface area (Å²) in [6.07, 6.45) is 8.74. The molecule has 0 aliphatic carbocycles. The van der Waals surface area contributed by atoms with Crippen LogP contribution in [0.25, 0.3) is 5.70 Å². The number of halogens is 1. The Labute approximate surface area is 144 Å². The molecule has 1 heterocycles. The van der Waals surface area contributed by atoms with E-state index in [0.29, 0.717) is 12.1 Å². The summed E-state index contributed by atoms with van der Waals surface area (Å²) in [7, 11) is 1.60. The first-order valence-electron chi connectivity index (χ1n) is 6.98. The highest BCUT2D eigenvalue weighted by Crippen LogP contribution is 2.26. The lowest BCUT2D eigenvalue weighted by Gasteiger charge is -2.22. The van der Waals surface area contributed by atoms with E-state index in [9.17, 15) is 9.35 Å². The van der Waals surface area contributed by atoms with Crippen molar-refractivity contribution in [3.05, 3.63) is 29.7 Å². The van der Waals surface area contributed by atoms with Crippen molar-refractivity contribution in [3.8, 4) is 0 Å². The van der Waals surface area contributed by atoms with Crippen molar-refractivity contribution in [2.24, 2.45) is 4.99 Å². The molecule has 1 rings (SSSR count). The molecule has 0 saturated heterocycles. The number of aromatic nitrogens is 2. The Balaban J connectivity index is 3.06. The first-order chi connectivity index (χ1) is 10.8. The topological polar surface area (TPSA) is 73.5 Å². The SMILES string of the molecule is C=N/C=C\C=C(/C)n1cc(N(C)C(=O)C(CC)[S+](C)[O-])c(Cl)n1. The molecule has 0 saturated carbocycles. The number of carbonyl (C=O) groups excluding carboxylic acids is 1. The molecule has 126 valence electrons. The third kappa shape index (κ3) is 4.95. The number of carbonyl (C=O) groups is 1. The van der Waals surface area contributed by atoms with Crippen LogP contribution in [0.2, 0.25) is 5.15 Å². The number of aliphatic imine (C=N–C) groups is 1. The van der Waals surface area contributed by atoms with Gasteiger partial charge in [0.15, 0.2) is 10.4 Å². The van der Waals surface area contributed by atoms with E-state index >= 15 is 0 Å². The summed E-state index contributed by atoms with van der Waals surface area (Å²) < 4.78 is 13.2. The van der Waals surface area contributed by atoms with Crippen LogP contribution in [0, 0.1) is 0 Å². The Morgan fingerprint density at radius 1 is 1.70 bits per heavy atom. The van der Waals surface area contributed by atoms with Crippen molar-refractivity contribution >= 4 is 46.8 Å². The van der Waals surface area contributed by atoms with Crippen molar-refractivity contribution in [3.63, 3.8) is 0 Å². The summed E-state index contributed by atoms with van der Waals surface area (Å²) in [5, 5.41) is 3.83. The van der Waals surface area contributed by atoms with Crippen molar-refractivity contribution in [2.45, 2.75) is 25.5 Å². The van der Waals surface area contributed by atoms with Crippen LogP contribution in [0.5, 0.6) is 0 Å². The number of nitrogens with zero attached hydrogens (tertiary/aromatic N) is 4. The third-order valence-electron chi connectivity index (χ3n) is 3.28. The first kappa shape index (κ1) is 19.5. The maximum absolute atomic E-state index is 12.5. The molecule has 0 fully saturated rings. The molecule has 2 unspecified atom stereocenters. The number of amides is 1. The molecule has 0 aliphatic heterocycles. The molecule has 0 bridgehead atoms. The normalized spacial score (nSPS) is 14.8. The lowest BCUT2D eigenvalue weighted by atomic mass is 10.3. The van der Waals surface area contributed by atoms with Gasteiger partial charge in [0, 0.05) is 25.4 Å². The van der Waals surface area contributed by atoms with E-state index in [1.807, 2.05) is 13.8 Å². The minimum atomic E-state index is -1.24. The zero-order valence-corrected chi connectivity index (χ0v) is 15.3. The largest absolute Gasteiger partial charge is 0.616 e. The minimum Gasteiger partial charge on any atom is -0.616 e. The van der Waals surface area contributed by atoms with Gasteiger partial charge in [0.2, 0.25) is 0 Å². The van der Waals surface area contributed by atoms with Crippen LogP contribution in [0.4, 0.5) is 5.69 Å². The summed E-state index contributed by atoms with van der Waals surface area (Å²) in [5.74, 6) is -0.243. The molecule has 0 spiro atoms. The predicted molar refractivity (Wildman–Crippen MR) is 97.4 cm³/mol. The molecular weight excluding hydrogens is 336 g/mol. The first-order valence-corrected chi connectivity index (χ1v) is 8.98. The molecule has 1 aromatic heterocycles. The maximum atomic E-state index is 12.5. The molecule has 0 aliphatic rings. The van der Waals surface area contributed by atoms with E-state index in [0.717, 1.165) is 5.70 Å². The van der Waals surface area contributed by atoms with Crippen molar-refractivity contribution in [1.82, 2.24) is 9.78 Å². The van der Waals surface area contributed by atoms with Gasteiger partial charge in [-0.1, -0.05) is 18.5 Å². The van der Waals surface area contributed by atoms with Crippen molar-refractivity contribution in [1.29, 1.82) is 0 Å². The highest BCUT2D eigenvalue weighted by Gasteiger charge is 2.30. The quantitative estimate of drug-likeness (QED) is 0.428. The van der Waals surface area contributed by atoms with Crippen molar-refractivity contribution < 1.29 is 9.35 Å². The molecule has 23 heavy (non-hydrogen) atoms. The van der Waals surface area contributed by atoms with Gasteiger partial charge in [-0.15, -0.1) is 0 Å². The van der Waals surface area contributed by atoms with E-state index in [-0.39, 0.29) is 11.1 Å². The lowest BCUT2D eigenvalue weighted by molar-refractivity contribution is -0.118. The van der Waals surface area contributed by atoms with Crippen LogP contribution in [0.15, 0.2) is 29.5 Å². The van der Waals surface area contributed by atoms with Gasteiger partial charge in [0.05, 0.1) is 12.5 Å². The maximum Gasteiger partial charge on any atom is 0.279 e. The summed E-state index contributed by atoms with van der Waals surface area (Å²) >= 11 is 4.90. The molecule has 6 nitrogen and oxygen atoms in total. The second-order valence-electron chi connectivity index (χ2n) is 4.87. The van der Waals surface area contributed by atoms with Crippen LogP contribution in [-0.2, 0) is 16.0 Å². The Hall–Kier alpha value is -1.57. The molecule has 2 atom stereocenters. The third-order valence-corrected chi connectivity index (χ3v) is 4.89. The molecule has 1 amide bonds. The summed E-state index contributed by atoms with van der Waals surface area (Å²) in [4.78, 5) is 17.5. The Morgan fingerprint density at radius 3 is 2.87 bits per heavy atom. The number of hydrogen-bond donors (Lipinski definition) is 0. The molecule has 0 radical (unpaired) electrons. The van der Waals surface area contributed by atoms with E-state index in [1.54, 1.807) is 36.3 Å². The highest BCUT2D eigenvalue weighted by atomic mass is 35.5. The van der Waals surface area contributed by atoms with Crippen LogP contribution >= 0.6 is 11.6 Å². The van der Waals surface area contributed by atoms with Crippen molar-refractivity contribution in [2.75, 3.05) is 18.2 Å². The fourth-order valence-electron chi connectivity index (χ4n) is 1.95.